The maximum Gasteiger partial charge on any atom is 0.246 e. The predicted molar refractivity (Wildman–Crippen MR) is 82.1 cm³/mol. The number of hydrogen-bond acceptors (Lipinski definition) is 5. The third-order valence-corrected chi connectivity index (χ3v) is 6.36. The number of rotatable bonds is 4. The summed E-state index contributed by atoms with van der Waals surface area (Å²) in [7, 11) is -3.82. The fraction of sp³-hybridized carbons (Fsp3) is 0.467. The van der Waals surface area contributed by atoms with Crippen LogP contribution in [-0.2, 0) is 14.8 Å². The van der Waals surface area contributed by atoms with Crippen molar-refractivity contribution >= 4 is 10.0 Å². The van der Waals surface area contributed by atoms with E-state index in [1.54, 1.807) is 6.33 Å². The number of benzene rings is 1. The Kier molecular flexibility index (Phi) is 3.86. The van der Waals surface area contributed by atoms with Crippen LogP contribution in [0.4, 0.5) is 4.39 Å². The molecule has 1 atom stereocenters. The lowest BCUT2D eigenvalue weighted by molar-refractivity contribution is 0.0943. The summed E-state index contributed by atoms with van der Waals surface area (Å²) in [6.45, 7) is 1.25. The lowest BCUT2D eigenvalue weighted by Crippen LogP contribution is -2.51. The summed E-state index contributed by atoms with van der Waals surface area (Å²) < 4.78 is 47.6. The van der Waals surface area contributed by atoms with Crippen LogP contribution in [0.2, 0.25) is 0 Å². The van der Waals surface area contributed by atoms with Crippen molar-refractivity contribution in [1.82, 2.24) is 19.1 Å². The molecule has 0 aliphatic carbocycles. The van der Waals surface area contributed by atoms with Crippen LogP contribution in [-0.4, -0.2) is 47.2 Å². The molecule has 9 heteroatoms. The molecule has 1 unspecified atom stereocenters. The molecule has 0 radical (unpaired) electrons. The average Bonchev–Trinajstić information content (AvgIpc) is 3.16. The van der Waals surface area contributed by atoms with Crippen LogP contribution in [0.5, 0.6) is 0 Å². The van der Waals surface area contributed by atoms with E-state index in [1.807, 2.05) is 4.57 Å². The molecule has 0 N–H and O–H groups in total. The molecule has 3 heterocycles. The quantitative estimate of drug-likeness (QED) is 0.834. The zero-order valence-corrected chi connectivity index (χ0v) is 13.7. The highest BCUT2D eigenvalue weighted by atomic mass is 32.2. The number of hydrogen-bond donors (Lipinski definition) is 0. The second-order valence-corrected chi connectivity index (χ2v) is 7.91. The van der Waals surface area contributed by atoms with Crippen molar-refractivity contribution in [2.24, 2.45) is 0 Å². The Bertz CT molecular complexity index is 842. The molecule has 24 heavy (non-hydrogen) atoms. The van der Waals surface area contributed by atoms with Gasteiger partial charge in [0.2, 0.25) is 10.0 Å². The molecule has 1 aromatic carbocycles. The molecule has 0 amide bonds. The second-order valence-electron chi connectivity index (χ2n) is 6.00. The summed E-state index contributed by atoms with van der Waals surface area (Å²) in [5.74, 6) is 0.00531. The fourth-order valence-corrected chi connectivity index (χ4v) is 4.71. The zero-order valence-electron chi connectivity index (χ0n) is 12.9. The number of ether oxygens (including phenoxy) is 1. The van der Waals surface area contributed by atoms with Gasteiger partial charge >= 0.3 is 0 Å². The third-order valence-electron chi connectivity index (χ3n) is 4.50. The van der Waals surface area contributed by atoms with Crippen LogP contribution < -0.4 is 0 Å². The van der Waals surface area contributed by atoms with E-state index in [1.165, 1.54) is 22.5 Å². The van der Waals surface area contributed by atoms with Crippen molar-refractivity contribution in [3.8, 4) is 0 Å². The number of sulfonamides is 1. The van der Waals surface area contributed by atoms with Crippen LogP contribution in [0.25, 0.3) is 0 Å². The Morgan fingerprint density at radius 3 is 2.75 bits per heavy atom. The molecule has 4 rings (SSSR count). The van der Waals surface area contributed by atoms with Gasteiger partial charge in [-0.2, -0.15) is 4.31 Å². The van der Waals surface area contributed by atoms with Gasteiger partial charge in [0.1, 0.15) is 23.1 Å². The van der Waals surface area contributed by atoms with E-state index in [4.69, 9.17) is 4.74 Å². The monoisotopic (exact) mass is 352 g/mol. The van der Waals surface area contributed by atoms with E-state index < -0.39 is 15.8 Å². The summed E-state index contributed by atoms with van der Waals surface area (Å²) in [4.78, 5) is -0.286. The minimum Gasteiger partial charge on any atom is -0.370 e. The first-order chi connectivity index (χ1) is 11.6. The Labute approximate surface area is 139 Å². The van der Waals surface area contributed by atoms with Crippen molar-refractivity contribution in [3.63, 3.8) is 0 Å². The van der Waals surface area contributed by atoms with E-state index in [0.29, 0.717) is 6.61 Å². The molecular weight excluding hydrogens is 335 g/mol. The van der Waals surface area contributed by atoms with Crippen molar-refractivity contribution in [2.75, 3.05) is 19.7 Å². The van der Waals surface area contributed by atoms with Crippen LogP contribution in [0, 0.1) is 5.82 Å². The Hall–Kier alpha value is -1.84. The number of nitrogens with zero attached hydrogens (tertiary/aromatic N) is 4. The summed E-state index contributed by atoms with van der Waals surface area (Å²) in [5, 5.41) is 8.05. The normalized spacial score (nSPS) is 22.6. The van der Waals surface area contributed by atoms with Crippen LogP contribution >= 0.6 is 0 Å². The molecule has 0 spiro atoms. The summed E-state index contributed by atoms with van der Waals surface area (Å²) in [5.41, 5.74) is 0. The maximum atomic E-state index is 13.8. The highest BCUT2D eigenvalue weighted by molar-refractivity contribution is 7.89. The molecule has 7 nitrogen and oxygen atoms in total. The molecule has 2 aliphatic rings. The smallest absolute Gasteiger partial charge is 0.246 e. The molecule has 0 bridgehead atoms. The summed E-state index contributed by atoms with van der Waals surface area (Å²) in [6.07, 6.45) is 3.40. The van der Waals surface area contributed by atoms with E-state index in [9.17, 15) is 12.8 Å². The minimum absolute atomic E-state index is 0.0549. The number of aromatic nitrogens is 3. The Morgan fingerprint density at radius 1 is 1.25 bits per heavy atom. The predicted octanol–water partition coefficient (Wildman–Crippen LogP) is 1.51. The van der Waals surface area contributed by atoms with E-state index in [0.717, 1.165) is 24.7 Å². The van der Waals surface area contributed by atoms with Gasteiger partial charge < -0.3 is 9.30 Å². The molecule has 1 aromatic heterocycles. The molecule has 2 saturated heterocycles. The first-order valence-corrected chi connectivity index (χ1v) is 9.27. The highest BCUT2D eigenvalue weighted by Crippen LogP contribution is 2.33. The SMILES string of the molecule is O=S(=O)(c1ccccc1F)N1CC(n2cnnc2C2CCCO2)C1. The molecule has 2 aromatic rings. The van der Waals surface area contributed by atoms with Gasteiger partial charge in [0, 0.05) is 19.7 Å². The third kappa shape index (κ3) is 2.52. The van der Waals surface area contributed by atoms with Crippen LogP contribution in [0.3, 0.4) is 0 Å². The van der Waals surface area contributed by atoms with Gasteiger partial charge in [0.25, 0.3) is 0 Å². The van der Waals surface area contributed by atoms with Crippen molar-refractivity contribution in [2.45, 2.75) is 29.9 Å². The first kappa shape index (κ1) is 15.7. The van der Waals surface area contributed by atoms with Crippen molar-refractivity contribution in [1.29, 1.82) is 0 Å². The molecular formula is C15H17FN4O3S. The van der Waals surface area contributed by atoms with E-state index >= 15 is 0 Å². The Morgan fingerprint density at radius 2 is 2.04 bits per heavy atom. The van der Waals surface area contributed by atoms with E-state index in [-0.39, 0.29) is 30.1 Å². The van der Waals surface area contributed by atoms with Gasteiger partial charge in [-0.05, 0) is 25.0 Å². The average molecular weight is 352 g/mol. The van der Waals surface area contributed by atoms with Gasteiger partial charge in [-0.3, -0.25) is 0 Å². The van der Waals surface area contributed by atoms with Crippen molar-refractivity contribution in [3.05, 3.63) is 42.2 Å². The lowest BCUT2D eigenvalue weighted by atomic mass is 10.1. The zero-order chi connectivity index (χ0) is 16.7. The lowest BCUT2D eigenvalue weighted by Gasteiger charge is -2.39. The van der Waals surface area contributed by atoms with Crippen LogP contribution in [0.15, 0.2) is 35.5 Å². The molecule has 0 saturated carbocycles. The molecule has 2 aliphatic heterocycles. The van der Waals surface area contributed by atoms with E-state index in [2.05, 4.69) is 10.2 Å². The fourth-order valence-electron chi connectivity index (χ4n) is 3.13. The minimum atomic E-state index is -3.82. The summed E-state index contributed by atoms with van der Waals surface area (Å²) >= 11 is 0. The number of halogens is 1. The van der Waals surface area contributed by atoms with Gasteiger partial charge in [-0.1, -0.05) is 12.1 Å². The first-order valence-electron chi connectivity index (χ1n) is 7.83. The topological polar surface area (TPSA) is 77.3 Å². The van der Waals surface area contributed by atoms with Gasteiger partial charge in [0.15, 0.2) is 5.82 Å². The van der Waals surface area contributed by atoms with Gasteiger partial charge in [-0.15, -0.1) is 10.2 Å². The van der Waals surface area contributed by atoms with Crippen molar-refractivity contribution < 1.29 is 17.5 Å². The van der Waals surface area contributed by atoms with Crippen LogP contribution in [0.1, 0.15) is 30.8 Å². The van der Waals surface area contributed by atoms with Gasteiger partial charge in [0.05, 0.1) is 6.04 Å². The summed E-state index contributed by atoms with van der Waals surface area (Å²) in [6, 6.07) is 5.37. The standard InChI is InChI=1S/C15H17FN4O3S/c16-12-4-1-2-6-14(12)24(21,22)19-8-11(9-19)20-10-17-18-15(20)13-5-3-7-23-13/h1-2,4,6,10-11,13H,3,5,7-9H2. The molecule has 2 fully saturated rings. The largest absolute Gasteiger partial charge is 0.370 e. The second kappa shape index (κ2) is 5.91. The Balaban J connectivity index is 1.51. The van der Waals surface area contributed by atoms with Gasteiger partial charge in [-0.25, -0.2) is 12.8 Å². The maximum absolute atomic E-state index is 13.8. The highest BCUT2D eigenvalue weighted by Gasteiger charge is 2.40. The molecule has 128 valence electrons.